The van der Waals surface area contributed by atoms with Gasteiger partial charge in [-0.3, -0.25) is 0 Å². The van der Waals surface area contributed by atoms with E-state index in [0.29, 0.717) is 30.2 Å². The van der Waals surface area contributed by atoms with Crippen LogP contribution in [0.2, 0.25) is 0 Å². The van der Waals surface area contributed by atoms with Crippen LogP contribution in [0.3, 0.4) is 0 Å². The number of urea groups is 1. The van der Waals surface area contributed by atoms with Crippen molar-refractivity contribution < 1.29 is 23.4 Å². The Morgan fingerprint density at radius 3 is 2.81 bits per heavy atom. The van der Waals surface area contributed by atoms with Gasteiger partial charge in [0.05, 0.1) is 13.7 Å². The molecular weight excluding hydrogens is 339 g/mol. The lowest BCUT2D eigenvalue weighted by Gasteiger charge is -2.27. The van der Waals surface area contributed by atoms with Crippen molar-refractivity contribution >= 4 is 6.03 Å². The van der Waals surface area contributed by atoms with Gasteiger partial charge < -0.3 is 24.4 Å². The third kappa shape index (κ3) is 4.17. The van der Waals surface area contributed by atoms with E-state index in [4.69, 9.17) is 14.2 Å². The summed E-state index contributed by atoms with van der Waals surface area (Å²) in [7, 11) is 3.05. The maximum Gasteiger partial charge on any atom is 0.317 e. The van der Waals surface area contributed by atoms with Crippen LogP contribution in [0.25, 0.3) is 0 Å². The van der Waals surface area contributed by atoms with E-state index in [1.54, 1.807) is 19.2 Å². The molecule has 2 amide bonds. The van der Waals surface area contributed by atoms with E-state index >= 15 is 0 Å². The van der Waals surface area contributed by atoms with E-state index < -0.39 is 5.82 Å². The van der Waals surface area contributed by atoms with Crippen LogP contribution in [0, 0.1) is 5.82 Å². The number of fused-ring (bicyclic) bond motifs is 1. The number of nitrogens with one attached hydrogen (secondary N) is 1. The van der Waals surface area contributed by atoms with Crippen LogP contribution in [0.1, 0.15) is 5.56 Å². The van der Waals surface area contributed by atoms with Crippen molar-refractivity contribution in [3.05, 3.63) is 53.8 Å². The lowest BCUT2D eigenvalue weighted by molar-refractivity contribution is 0.0904. The number of carbonyl (C=O) groups excluding carboxylic acids is 1. The molecule has 138 valence electrons. The predicted octanol–water partition coefficient (Wildman–Crippen LogP) is 2.82. The van der Waals surface area contributed by atoms with Crippen LogP contribution >= 0.6 is 0 Å². The monoisotopic (exact) mass is 360 g/mol. The number of hydrogen-bond acceptors (Lipinski definition) is 4. The van der Waals surface area contributed by atoms with Gasteiger partial charge >= 0.3 is 6.03 Å². The minimum atomic E-state index is -0.453. The minimum absolute atomic E-state index is 0.176. The quantitative estimate of drug-likeness (QED) is 0.891. The highest BCUT2D eigenvalue weighted by Gasteiger charge is 2.21. The smallest absolute Gasteiger partial charge is 0.317 e. The highest BCUT2D eigenvalue weighted by Crippen LogP contribution is 2.30. The van der Waals surface area contributed by atoms with Gasteiger partial charge in [0.15, 0.2) is 29.2 Å². The van der Waals surface area contributed by atoms with E-state index in [1.165, 1.54) is 18.1 Å². The molecule has 1 atom stereocenters. The van der Waals surface area contributed by atoms with Crippen molar-refractivity contribution in [3.8, 4) is 17.2 Å². The fraction of sp³-hybridized carbons (Fsp3) is 0.316. The van der Waals surface area contributed by atoms with Gasteiger partial charge in [-0.1, -0.05) is 18.2 Å². The molecule has 0 saturated carbocycles. The largest absolute Gasteiger partial charge is 0.494 e. The van der Waals surface area contributed by atoms with Crippen LogP contribution in [-0.2, 0) is 6.54 Å². The Labute approximate surface area is 151 Å². The van der Waals surface area contributed by atoms with Crippen LogP contribution < -0.4 is 19.5 Å². The van der Waals surface area contributed by atoms with Gasteiger partial charge in [-0.25, -0.2) is 9.18 Å². The summed E-state index contributed by atoms with van der Waals surface area (Å²) in [6.45, 7) is 0.955. The van der Waals surface area contributed by atoms with Crippen LogP contribution in [0.5, 0.6) is 17.2 Å². The number of nitrogens with zero attached hydrogens (tertiary/aromatic N) is 1. The van der Waals surface area contributed by atoms with Gasteiger partial charge in [-0.15, -0.1) is 0 Å². The highest BCUT2D eigenvalue weighted by molar-refractivity contribution is 5.73. The van der Waals surface area contributed by atoms with Crippen molar-refractivity contribution in [2.45, 2.75) is 12.6 Å². The number of hydrogen-bond donors (Lipinski definition) is 1. The lowest BCUT2D eigenvalue weighted by Crippen LogP contribution is -2.44. The second-order valence-corrected chi connectivity index (χ2v) is 6.01. The fourth-order valence-electron chi connectivity index (χ4n) is 2.65. The summed E-state index contributed by atoms with van der Waals surface area (Å²) in [5.74, 6) is 1.09. The molecule has 6 nitrogen and oxygen atoms in total. The van der Waals surface area contributed by atoms with E-state index in [2.05, 4.69) is 5.32 Å². The van der Waals surface area contributed by atoms with Crippen LogP contribution in [-0.4, -0.2) is 44.3 Å². The molecule has 0 radical (unpaired) electrons. The Morgan fingerprint density at radius 2 is 2.08 bits per heavy atom. The third-order valence-electron chi connectivity index (χ3n) is 4.03. The first-order valence-electron chi connectivity index (χ1n) is 8.26. The Balaban J connectivity index is 1.50. The molecule has 1 aliphatic heterocycles. The van der Waals surface area contributed by atoms with Crippen molar-refractivity contribution in [1.82, 2.24) is 10.2 Å². The molecule has 3 rings (SSSR count). The molecular formula is C19H21FN2O4. The first-order chi connectivity index (χ1) is 12.6. The van der Waals surface area contributed by atoms with Gasteiger partial charge in [-0.05, 0) is 29.8 Å². The number of amides is 2. The normalized spacial score (nSPS) is 15.3. The summed E-state index contributed by atoms with van der Waals surface area (Å²) in [6.07, 6.45) is -0.263. The van der Waals surface area contributed by atoms with Gasteiger partial charge in [0, 0.05) is 13.6 Å². The zero-order valence-corrected chi connectivity index (χ0v) is 14.7. The topological polar surface area (TPSA) is 60.0 Å². The molecule has 2 aromatic rings. The molecule has 0 bridgehead atoms. The maximum absolute atomic E-state index is 13.7. The fourth-order valence-corrected chi connectivity index (χ4v) is 2.65. The number of ether oxygens (including phenoxy) is 3. The number of halogens is 1. The second kappa shape index (κ2) is 7.95. The zero-order valence-electron chi connectivity index (χ0n) is 14.7. The summed E-state index contributed by atoms with van der Waals surface area (Å²) in [4.78, 5) is 13.7. The van der Waals surface area contributed by atoms with Crippen molar-refractivity contribution in [3.63, 3.8) is 0 Å². The number of methoxy groups -OCH3 is 1. The first-order valence-corrected chi connectivity index (χ1v) is 8.26. The Kier molecular flexibility index (Phi) is 5.46. The summed E-state index contributed by atoms with van der Waals surface area (Å²) in [5, 5.41) is 2.80. The number of rotatable bonds is 5. The van der Waals surface area contributed by atoms with Crippen LogP contribution in [0.15, 0.2) is 42.5 Å². The van der Waals surface area contributed by atoms with Crippen LogP contribution in [0.4, 0.5) is 9.18 Å². The van der Waals surface area contributed by atoms with Crippen molar-refractivity contribution in [1.29, 1.82) is 0 Å². The van der Waals surface area contributed by atoms with E-state index in [-0.39, 0.29) is 24.4 Å². The van der Waals surface area contributed by atoms with E-state index in [9.17, 15) is 9.18 Å². The molecule has 0 spiro atoms. The van der Waals surface area contributed by atoms with E-state index in [0.717, 1.165) is 0 Å². The predicted molar refractivity (Wildman–Crippen MR) is 94.2 cm³/mol. The molecule has 0 fully saturated rings. The zero-order chi connectivity index (χ0) is 18.5. The van der Waals surface area contributed by atoms with Crippen molar-refractivity contribution in [2.75, 3.05) is 27.3 Å². The highest BCUT2D eigenvalue weighted by atomic mass is 19.1. The van der Waals surface area contributed by atoms with Gasteiger partial charge in [0.1, 0.15) is 6.61 Å². The molecule has 2 aromatic carbocycles. The molecule has 26 heavy (non-hydrogen) atoms. The average Bonchev–Trinajstić information content (AvgIpc) is 2.66. The SMILES string of the molecule is COc1ccc(CN(C)C(=O)NCC2COc3ccccc3O2)cc1F. The molecule has 1 heterocycles. The Hall–Kier alpha value is -2.96. The number of para-hydroxylation sites is 2. The summed E-state index contributed by atoms with van der Waals surface area (Å²) >= 11 is 0. The summed E-state index contributed by atoms with van der Waals surface area (Å²) in [6, 6.07) is 11.8. The van der Waals surface area contributed by atoms with E-state index in [1.807, 2.05) is 24.3 Å². The molecule has 1 N–H and O–H groups in total. The molecule has 1 unspecified atom stereocenters. The molecule has 7 heteroatoms. The summed E-state index contributed by atoms with van der Waals surface area (Å²) < 4.78 is 30.0. The average molecular weight is 360 g/mol. The Morgan fingerprint density at radius 1 is 1.31 bits per heavy atom. The minimum Gasteiger partial charge on any atom is -0.494 e. The Bertz CT molecular complexity index is 784. The molecule has 0 saturated heterocycles. The van der Waals surface area contributed by atoms with Gasteiger partial charge in [0.2, 0.25) is 0 Å². The third-order valence-corrected chi connectivity index (χ3v) is 4.03. The number of carbonyl (C=O) groups is 1. The molecule has 0 aliphatic carbocycles. The van der Waals surface area contributed by atoms with Gasteiger partial charge in [-0.2, -0.15) is 0 Å². The molecule has 1 aliphatic rings. The lowest BCUT2D eigenvalue weighted by atomic mass is 10.2. The van der Waals surface area contributed by atoms with Gasteiger partial charge in [0.25, 0.3) is 0 Å². The number of benzene rings is 2. The molecule has 0 aromatic heterocycles. The first kappa shape index (κ1) is 17.8. The second-order valence-electron chi connectivity index (χ2n) is 6.01. The standard InChI is InChI=1S/C19H21FN2O4/c1-22(11-13-7-8-16(24-2)15(20)9-13)19(23)21-10-14-12-25-17-5-3-4-6-18(17)26-14/h3-9,14H,10-12H2,1-2H3,(H,21,23). The summed E-state index contributed by atoms with van der Waals surface area (Å²) in [5.41, 5.74) is 0.673. The van der Waals surface area contributed by atoms with Crippen molar-refractivity contribution in [2.24, 2.45) is 0 Å². The maximum atomic E-state index is 13.7.